The lowest BCUT2D eigenvalue weighted by molar-refractivity contribution is 0.0519. The van der Waals surface area contributed by atoms with Gasteiger partial charge in [0, 0.05) is 49.2 Å². The number of anilines is 1. The minimum atomic E-state index is 0.0861. The van der Waals surface area contributed by atoms with E-state index in [9.17, 15) is 0 Å². The van der Waals surface area contributed by atoms with E-state index in [1.165, 1.54) is 5.70 Å². The minimum absolute atomic E-state index is 0.0861. The van der Waals surface area contributed by atoms with Gasteiger partial charge in [0.25, 0.3) is 0 Å². The molecule has 1 aliphatic carbocycles. The predicted octanol–water partition coefficient (Wildman–Crippen LogP) is 4.15. The van der Waals surface area contributed by atoms with Gasteiger partial charge in [-0.05, 0) is 41.0 Å². The van der Waals surface area contributed by atoms with Gasteiger partial charge in [0.05, 0.1) is 24.8 Å². The zero-order valence-corrected chi connectivity index (χ0v) is 17.4. The largest absolute Gasteiger partial charge is 0.378 e. The van der Waals surface area contributed by atoms with Crippen LogP contribution in [0.25, 0.3) is 22.6 Å². The van der Waals surface area contributed by atoms with Gasteiger partial charge in [0.1, 0.15) is 0 Å². The Morgan fingerprint density at radius 3 is 2.87 bits per heavy atom. The van der Waals surface area contributed by atoms with E-state index in [1.807, 2.05) is 42.7 Å². The van der Waals surface area contributed by atoms with Gasteiger partial charge in [0.15, 0.2) is 0 Å². The Balaban J connectivity index is 1.43. The molecule has 3 heterocycles. The highest BCUT2D eigenvalue weighted by molar-refractivity contribution is 5.81. The lowest BCUT2D eigenvalue weighted by atomic mass is 9.94. The van der Waals surface area contributed by atoms with Crippen LogP contribution in [0.1, 0.15) is 17.5 Å². The summed E-state index contributed by atoms with van der Waals surface area (Å²) >= 11 is 0. The van der Waals surface area contributed by atoms with E-state index in [0.29, 0.717) is 5.95 Å². The number of hydrogen-bond acceptors (Lipinski definition) is 6. The molecule has 5 rings (SSSR count). The molecule has 1 unspecified atom stereocenters. The number of allylic oxidation sites excluding steroid dienone is 2. The van der Waals surface area contributed by atoms with Crippen molar-refractivity contribution in [2.75, 3.05) is 31.6 Å². The van der Waals surface area contributed by atoms with Crippen LogP contribution in [-0.4, -0.2) is 52.2 Å². The monoisotopic (exact) mass is 411 g/mol. The molecule has 1 aromatic carbocycles. The molecule has 31 heavy (non-hydrogen) atoms. The summed E-state index contributed by atoms with van der Waals surface area (Å²) in [6.07, 6.45) is 12.8. The second-order valence-corrected chi connectivity index (χ2v) is 7.77. The Labute approximate surface area is 182 Å². The lowest BCUT2D eigenvalue weighted by Crippen LogP contribution is -2.38. The molecule has 0 saturated carbocycles. The second kappa shape index (κ2) is 8.70. The summed E-state index contributed by atoms with van der Waals surface area (Å²) in [5.74, 6) is 0.633. The standard InChI is InChI=1S/C25H25N5O/c1-2-18-5-6-24-21(12-18)17-27-25(29-24)28-22-13-20(19-4-3-7-26-16-19)14-23(15-22)30-8-10-31-11-9-30/h2-7,12-14,16-17,22H,1,8-11,15H2,(H,27,28,29). The molecule has 6 heteroatoms. The third-order valence-electron chi connectivity index (χ3n) is 5.70. The van der Waals surface area contributed by atoms with Crippen LogP contribution in [0, 0.1) is 0 Å². The van der Waals surface area contributed by atoms with Crippen molar-refractivity contribution in [2.45, 2.75) is 12.5 Å². The second-order valence-electron chi connectivity index (χ2n) is 7.77. The number of fused-ring (bicyclic) bond motifs is 1. The summed E-state index contributed by atoms with van der Waals surface area (Å²) in [6, 6.07) is 10.2. The number of benzene rings is 1. The van der Waals surface area contributed by atoms with Gasteiger partial charge in [-0.2, -0.15) is 0 Å². The Bertz CT molecular complexity index is 1150. The highest BCUT2D eigenvalue weighted by atomic mass is 16.5. The summed E-state index contributed by atoms with van der Waals surface area (Å²) in [5.41, 5.74) is 5.55. The lowest BCUT2D eigenvalue weighted by Gasteiger charge is -2.34. The van der Waals surface area contributed by atoms with Crippen molar-refractivity contribution in [1.29, 1.82) is 0 Å². The van der Waals surface area contributed by atoms with Crippen LogP contribution in [0.3, 0.4) is 0 Å². The molecule has 0 bridgehead atoms. The van der Waals surface area contributed by atoms with Crippen molar-refractivity contribution in [3.05, 3.63) is 84.5 Å². The van der Waals surface area contributed by atoms with Crippen molar-refractivity contribution in [3.63, 3.8) is 0 Å². The molecular weight excluding hydrogens is 386 g/mol. The average molecular weight is 412 g/mol. The van der Waals surface area contributed by atoms with Crippen LogP contribution in [0.2, 0.25) is 0 Å². The van der Waals surface area contributed by atoms with Gasteiger partial charge in [-0.1, -0.05) is 30.9 Å². The highest BCUT2D eigenvalue weighted by Crippen LogP contribution is 2.29. The van der Waals surface area contributed by atoms with Crippen LogP contribution < -0.4 is 5.32 Å². The van der Waals surface area contributed by atoms with E-state index in [1.54, 1.807) is 6.20 Å². The Morgan fingerprint density at radius 1 is 1.16 bits per heavy atom. The number of nitrogens with zero attached hydrogens (tertiary/aromatic N) is 4. The van der Waals surface area contributed by atoms with Crippen molar-refractivity contribution in [2.24, 2.45) is 0 Å². The topological polar surface area (TPSA) is 63.2 Å². The quantitative estimate of drug-likeness (QED) is 0.680. The predicted molar refractivity (Wildman–Crippen MR) is 124 cm³/mol. The van der Waals surface area contributed by atoms with Gasteiger partial charge in [-0.15, -0.1) is 0 Å². The number of nitrogens with one attached hydrogen (secondary N) is 1. The van der Waals surface area contributed by atoms with Crippen LogP contribution >= 0.6 is 0 Å². The molecule has 1 atom stereocenters. The van der Waals surface area contributed by atoms with E-state index in [0.717, 1.165) is 60.3 Å². The summed E-state index contributed by atoms with van der Waals surface area (Å²) in [5, 5.41) is 4.54. The van der Waals surface area contributed by atoms with Gasteiger partial charge >= 0.3 is 0 Å². The molecule has 2 aromatic heterocycles. The van der Waals surface area contributed by atoms with E-state index in [-0.39, 0.29) is 6.04 Å². The molecule has 1 saturated heterocycles. The van der Waals surface area contributed by atoms with Crippen molar-refractivity contribution < 1.29 is 4.74 Å². The molecule has 0 spiro atoms. The maximum absolute atomic E-state index is 5.55. The highest BCUT2D eigenvalue weighted by Gasteiger charge is 2.22. The van der Waals surface area contributed by atoms with Crippen LogP contribution in [0.5, 0.6) is 0 Å². The van der Waals surface area contributed by atoms with Gasteiger partial charge in [-0.25, -0.2) is 9.97 Å². The van der Waals surface area contributed by atoms with E-state index < -0.39 is 0 Å². The molecule has 156 valence electrons. The molecular formula is C25H25N5O. The van der Waals surface area contributed by atoms with Gasteiger partial charge in [0.2, 0.25) is 5.95 Å². The summed E-state index contributed by atoms with van der Waals surface area (Å²) in [6.45, 7) is 7.19. The molecule has 0 amide bonds. The fourth-order valence-electron chi connectivity index (χ4n) is 4.08. The SMILES string of the molecule is C=Cc1ccc2nc(NC3C=C(c4cccnc4)C=C(N4CCOCC4)C3)ncc2c1. The fourth-order valence-corrected chi connectivity index (χ4v) is 4.08. The van der Waals surface area contributed by atoms with Crippen molar-refractivity contribution in [3.8, 4) is 0 Å². The molecule has 6 nitrogen and oxygen atoms in total. The van der Waals surface area contributed by atoms with Crippen LogP contribution in [0.15, 0.2) is 73.4 Å². The molecule has 0 radical (unpaired) electrons. The number of aromatic nitrogens is 3. The molecule has 3 aromatic rings. The zero-order chi connectivity index (χ0) is 21.0. The minimum Gasteiger partial charge on any atom is -0.378 e. The fraction of sp³-hybridized carbons (Fsp3) is 0.240. The van der Waals surface area contributed by atoms with Crippen LogP contribution in [0.4, 0.5) is 5.95 Å². The Kier molecular flexibility index (Phi) is 5.46. The first-order valence-electron chi connectivity index (χ1n) is 10.6. The van der Waals surface area contributed by atoms with E-state index >= 15 is 0 Å². The van der Waals surface area contributed by atoms with Gasteiger partial charge in [-0.3, -0.25) is 4.98 Å². The maximum Gasteiger partial charge on any atom is 0.223 e. The zero-order valence-electron chi connectivity index (χ0n) is 17.4. The number of rotatable bonds is 5. The van der Waals surface area contributed by atoms with Crippen molar-refractivity contribution in [1.82, 2.24) is 19.9 Å². The smallest absolute Gasteiger partial charge is 0.223 e. The van der Waals surface area contributed by atoms with E-state index in [4.69, 9.17) is 9.72 Å². The Hall–Kier alpha value is -3.51. The third-order valence-corrected chi connectivity index (χ3v) is 5.70. The van der Waals surface area contributed by atoms with Crippen molar-refractivity contribution >= 4 is 28.5 Å². The first-order chi connectivity index (χ1) is 15.3. The molecule has 1 fully saturated rings. The van der Waals surface area contributed by atoms with E-state index in [2.05, 4.69) is 45.0 Å². The normalized spacial score (nSPS) is 19.0. The third kappa shape index (κ3) is 4.34. The maximum atomic E-state index is 5.55. The number of pyridine rings is 1. The summed E-state index contributed by atoms with van der Waals surface area (Å²) in [7, 11) is 0. The number of hydrogen-bond donors (Lipinski definition) is 1. The number of morpholine rings is 1. The molecule has 1 aliphatic heterocycles. The average Bonchev–Trinajstić information content (AvgIpc) is 2.84. The molecule has 2 aliphatic rings. The van der Waals surface area contributed by atoms with Gasteiger partial charge < -0.3 is 15.0 Å². The Morgan fingerprint density at radius 2 is 2.06 bits per heavy atom. The first-order valence-corrected chi connectivity index (χ1v) is 10.6. The first kappa shape index (κ1) is 19.5. The number of ether oxygens (including phenoxy) is 1. The molecule has 1 N–H and O–H groups in total. The summed E-state index contributed by atoms with van der Waals surface area (Å²) in [4.78, 5) is 16.0. The van der Waals surface area contributed by atoms with Crippen LogP contribution in [-0.2, 0) is 4.74 Å². The summed E-state index contributed by atoms with van der Waals surface area (Å²) < 4.78 is 5.55.